The zero-order valence-electron chi connectivity index (χ0n) is 12.7. The molecule has 0 atom stereocenters. The Morgan fingerprint density at radius 2 is 2.00 bits per heavy atom. The van der Waals surface area contributed by atoms with Crippen molar-refractivity contribution >= 4 is 5.91 Å². The van der Waals surface area contributed by atoms with Gasteiger partial charge >= 0.3 is 0 Å². The van der Waals surface area contributed by atoms with E-state index >= 15 is 0 Å². The first-order chi connectivity index (χ1) is 10.2. The molecule has 0 aliphatic heterocycles. The SMILES string of the molecule is CCN(Cc1ccccc1C)C(=O)c1ccc(OC)nc1. The van der Waals surface area contributed by atoms with E-state index in [1.165, 1.54) is 5.56 Å². The quantitative estimate of drug-likeness (QED) is 0.847. The number of rotatable bonds is 5. The highest BCUT2D eigenvalue weighted by Gasteiger charge is 2.15. The molecule has 0 spiro atoms. The maximum absolute atomic E-state index is 12.5. The van der Waals surface area contributed by atoms with Gasteiger partial charge in [-0.2, -0.15) is 0 Å². The van der Waals surface area contributed by atoms with Gasteiger partial charge in [0.1, 0.15) is 0 Å². The van der Waals surface area contributed by atoms with Gasteiger partial charge in [0.25, 0.3) is 5.91 Å². The molecule has 0 unspecified atom stereocenters. The number of aryl methyl sites for hydroxylation is 1. The third-order valence-corrected chi connectivity index (χ3v) is 3.48. The Kier molecular flexibility index (Phi) is 4.93. The number of ether oxygens (including phenoxy) is 1. The molecule has 0 N–H and O–H groups in total. The van der Waals surface area contributed by atoms with E-state index < -0.39 is 0 Å². The Morgan fingerprint density at radius 3 is 2.57 bits per heavy atom. The molecule has 0 saturated carbocycles. The third kappa shape index (κ3) is 3.60. The number of carbonyl (C=O) groups is 1. The molecule has 0 saturated heterocycles. The Bertz CT molecular complexity index is 608. The second-order valence-corrected chi connectivity index (χ2v) is 4.84. The van der Waals surface area contributed by atoms with Crippen molar-refractivity contribution in [1.82, 2.24) is 9.88 Å². The molecular weight excluding hydrogens is 264 g/mol. The summed E-state index contributed by atoms with van der Waals surface area (Å²) in [4.78, 5) is 18.4. The summed E-state index contributed by atoms with van der Waals surface area (Å²) in [6, 6.07) is 11.6. The van der Waals surface area contributed by atoms with E-state index in [1.807, 2.05) is 24.0 Å². The van der Waals surface area contributed by atoms with Crippen molar-refractivity contribution in [3.05, 3.63) is 59.3 Å². The molecule has 1 aromatic heterocycles. The summed E-state index contributed by atoms with van der Waals surface area (Å²) >= 11 is 0. The fourth-order valence-corrected chi connectivity index (χ4v) is 2.13. The topological polar surface area (TPSA) is 42.4 Å². The standard InChI is InChI=1S/C17H20N2O2/c1-4-19(12-15-8-6-5-7-13(15)2)17(20)14-9-10-16(21-3)18-11-14/h5-11H,4,12H2,1-3H3. The molecule has 4 nitrogen and oxygen atoms in total. The molecule has 21 heavy (non-hydrogen) atoms. The van der Waals surface area contributed by atoms with Gasteiger partial charge in [-0.25, -0.2) is 4.98 Å². The Morgan fingerprint density at radius 1 is 1.24 bits per heavy atom. The van der Waals surface area contributed by atoms with Gasteiger partial charge in [-0.3, -0.25) is 4.79 Å². The van der Waals surface area contributed by atoms with Crippen LogP contribution in [0.4, 0.5) is 0 Å². The van der Waals surface area contributed by atoms with Crippen molar-refractivity contribution in [1.29, 1.82) is 0 Å². The van der Waals surface area contributed by atoms with Crippen LogP contribution in [-0.2, 0) is 6.54 Å². The van der Waals surface area contributed by atoms with Crippen LogP contribution in [0.5, 0.6) is 5.88 Å². The zero-order chi connectivity index (χ0) is 15.2. The van der Waals surface area contributed by atoms with Crippen molar-refractivity contribution in [2.24, 2.45) is 0 Å². The van der Waals surface area contributed by atoms with Crippen molar-refractivity contribution in [2.75, 3.05) is 13.7 Å². The molecule has 1 heterocycles. The van der Waals surface area contributed by atoms with Gasteiger partial charge in [-0.15, -0.1) is 0 Å². The van der Waals surface area contributed by atoms with Gasteiger partial charge in [0, 0.05) is 25.4 Å². The highest BCUT2D eigenvalue weighted by molar-refractivity contribution is 5.93. The van der Waals surface area contributed by atoms with E-state index in [0.717, 1.165) is 5.56 Å². The minimum atomic E-state index is -0.0177. The molecule has 0 fully saturated rings. The molecule has 2 aromatic rings. The normalized spacial score (nSPS) is 10.2. The zero-order valence-corrected chi connectivity index (χ0v) is 12.7. The number of aromatic nitrogens is 1. The first kappa shape index (κ1) is 15.0. The number of benzene rings is 1. The van der Waals surface area contributed by atoms with Crippen molar-refractivity contribution in [2.45, 2.75) is 20.4 Å². The second-order valence-electron chi connectivity index (χ2n) is 4.84. The highest BCUT2D eigenvalue weighted by atomic mass is 16.5. The van der Waals surface area contributed by atoms with Gasteiger partial charge in [-0.1, -0.05) is 24.3 Å². The minimum Gasteiger partial charge on any atom is -0.481 e. The predicted octanol–water partition coefficient (Wildman–Crippen LogP) is 3.06. The summed E-state index contributed by atoms with van der Waals surface area (Å²) in [5, 5.41) is 0. The van der Waals surface area contributed by atoms with E-state index in [4.69, 9.17) is 4.74 Å². The summed E-state index contributed by atoms with van der Waals surface area (Å²) in [7, 11) is 1.56. The van der Waals surface area contributed by atoms with Crippen LogP contribution >= 0.6 is 0 Å². The Labute approximate surface area is 125 Å². The Hall–Kier alpha value is -2.36. The molecule has 2 rings (SSSR count). The predicted molar refractivity (Wildman–Crippen MR) is 82.4 cm³/mol. The average Bonchev–Trinajstić information content (AvgIpc) is 2.53. The first-order valence-electron chi connectivity index (χ1n) is 6.99. The van der Waals surface area contributed by atoms with Crippen molar-refractivity contribution in [3.8, 4) is 5.88 Å². The highest BCUT2D eigenvalue weighted by Crippen LogP contribution is 2.14. The van der Waals surface area contributed by atoms with Gasteiger partial charge in [-0.05, 0) is 31.0 Å². The lowest BCUT2D eigenvalue weighted by molar-refractivity contribution is 0.0752. The lowest BCUT2D eigenvalue weighted by Crippen LogP contribution is -2.30. The molecular formula is C17H20N2O2. The van der Waals surface area contributed by atoms with Crippen LogP contribution in [0.15, 0.2) is 42.6 Å². The summed E-state index contributed by atoms with van der Waals surface area (Å²) in [6.07, 6.45) is 1.56. The first-order valence-corrected chi connectivity index (χ1v) is 6.99. The third-order valence-electron chi connectivity index (χ3n) is 3.48. The maximum Gasteiger partial charge on any atom is 0.255 e. The van der Waals surface area contributed by atoms with Crippen LogP contribution in [0.3, 0.4) is 0 Å². The van der Waals surface area contributed by atoms with E-state index in [1.54, 1.807) is 25.4 Å². The number of amides is 1. The number of hydrogen-bond donors (Lipinski definition) is 0. The fourth-order valence-electron chi connectivity index (χ4n) is 2.13. The summed E-state index contributed by atoms with van der Waals surface area (Å²) in [5.74, 6) is 0.490. The van der Waals surface area contributed by atoms with Crippen LogP contribution in [0.25, 0.3) is 0 Å². The van der Waals surface area contributed by atoms with Gasteiger partial charge in [0.05, 0.1) is 12.7 Å². The van der Waals surface area contributed by atoms with E-state index in [9.17, 15) is 4.79 Å². The largest absolute Gasteiger partial charge is 0.481 e. The van der Waals surface area contributed by atoms with Crippen LogP contribution < -0.4 is 4.74 Å². The van der Waals surface area contributed by atoms with Crippen molar-refractivity contribution < 1.29 is 9.53 Å². The van der Waals surface area contributed by atoms with Crippen LogP contribution in [0.1, 0.15) is 28.4 Å². The van der Waals surface area contributed by atoms with E-state index in [2.05, 4.69) is 24.0 Å². The molecule has 110 valence electrons. The molecule has 0 aliphatic carbocycles. The van der Waals surface area contributed by atoms with E-state index in [0.29, 0.717) is 24.5 Å². The molecule has 0 radical (unpaired) electrons. The number of hydrogen-bond acceptors (Lipinski definition) is 3. The summed E-state index contributed by atoms with van der Waals surface area (Å²) in [6.45, 7) is 5.29. The number of pyridine rings is 1. The number of nitrogens with zero attached hydrogens (tertiary/aromatic N) is 2. The summed E-state index contributed by atoms with van der Waals surface area (Å²) in [5.41, 5.74) is 2.93. The summed E-state index contributed by atoms with van der Waals surface area (Å²) < 4.78 is 5.01. The van der Waals surface area contributed by atoms with Crippen molar-refractivity contribution in [3.63, 3.8) is 0 Å². The second kappa shape index (κ2) is 6.88. The molecule has 1 aromatic carbocycles. The molecule has 4 heteroatoms. The smallest absolute Gasteiger partial charge is 0.255 e. The minimum absolute atomic E-state index is 0.0177. The van der Waals surface area contributed by atoms with Gasteiger partial charge in [0.15, 0.2) is 0 Å². The van der Waals surface area contributed by atoms with Crippen LogP contribution in [-0.4, -0.2) is 29.4 Å². The molecule has 1 amide bonds. The van der Waals surface area contributed by atoms with Crippen LogP contribution in [0.2, 0.25) is 0 Å². The fraction of sp³-hybridized carbons (Fsp3) is 0.294. The number of methoxy groups -OCH3 is 1. The maximum atomic E-state index is 12.5. The van der Waals surface area contributed by atoms with Gasteiger partial charge in [0.2, 0.25) is 5.88 Å². The van der Waals surface area contributed by atoms with Crippen LogP contribution in [0, 0.1) is 6.92 Å². The molecule has 0 aliphatic rings. The lowest BCUT2D eigenvalue weighted by Gasteiger charge is -2.22. The Balaban J connectivity index is 2.16. The van der Waals surface area contributed by atoms with E-state index in [-0.39, 0.29) is 5.91 Å². The van der Waals surface area contributed by atoms with Gasteiger partial charge < -0.3 is 9.64 Å². The monoisotopic (exact) mass is 284 g/mol. The lowest BCUT2D eigenvalue weighted by atomic mass is 10.1. The average molecular weight is 284 g/mol. The molecule has 0 bridgehead atoms. The number of carbonyl (C=O) groups excluding carboxylic acids is 1.